The quantitative estimate of drug-likeness (QED) is 0.463. The van der Waals surface area contributed by atoms with Gasteiger partial charge in [-0.2, -0.15) is 0 Å². The number of nitrogens with zero attached hydrogens (tertiary/aromatic N) is 2. The van der Waals surface area contributed by atoms with Gasteiger partial charge in [-0.15, -0.1) is 0 Å². The van der Waals surface area contributed by atoms with Crippen molar-refractivity contribution < 1.29 is 22.7 Å². The van der Waals surface area contributed by atoms with E-state index in [1.807, 2.05) is 0 Å². The first-order valence-electron chi connectivity index (χ1n) is 10.6. The highest BCUT2D eigenvalue weighted by atomic mass is 35.5. The summed E-state index contributed by atoms with van der Waals surface area (Å²) in [6.07, 6.45) is 0.980. The first-order chi connectivity index (χ1) is 16.2. The monoisotopic (exact) mass is 563 g/mol. The molecule has 35 heavy (non-hydrogen) atoms. The molecule has 0 aliphatic carbocycles. The zero-order valence-electron chi connectivity index (χ0n) is 20.0. The minimum absolute atomic E-state index is 0.0392. The van der Waals surface area contributed by atoms with Crippen molar-refractivity contribution in [3.63, 3.8) is 0 Å². The third-order valence-electron chi connectivity index (χ3n) is 5.06. The Morgan fingerprint density at radius 1 is 1.03 bits per heavy atom. The molecule has 0 radical (unpaired) electrons. The smallest absolute Gasteiger partial charge is 0.244 e. The summed E-state index contributed by atoms with van der Waals surface area (Å²) in [6.45, 7) is 4.56. The molecule has 0 fully saturated rings. The van der Waals surface area contributed by atoms with Gasteiger partial charge in [0.15, 0.2) is 0 Å². The maximum atomic E-state index is 13.5. The highest BCUT2D eigenvalue weighted by Crippen LogP contribution is 2.30. The van der Waals surface area contributed by atoms with E-state index in [9.17, 15) is 18.0 Å². The molecule has 1 N–H and O–H groups in total. The number of amides is 2. The minimum Gasteiger partial charge on any atom is -0.495 e. The van der Waals surface area contributed by atoms with Crippen molar-refractivity contribution in [2.24, 2.45) is 0 Å². The zero-order chi connectivity index (χ0) is 26.5. The van der Waals surface area contributed by atoms with Crippen LogP contribution in [0.5, 0.6) is 5.75 Å². The average molecular weight is 565 g/mol. The third kappa shape index (κ3) is 7.90. The molecule has 2 aromatic carbocycles. The molecule has 0 aliphatic rings. The van der Waals surface area contributed by atoms with E-state index in [1.165, 1.54) is 36.3 Å². The molecule has 0 aliphatic heterocycles. The maximum absolute atomic E-state index is 13.5. The molecule has 0 unspecified atom stereocenters. The molecule has 0 spiro atoms. The molecule has 0 heterocycles. The summed E-state index contributed by atoms with van der Waals surface area (Å²) in [5, 5.41) is 3.69. The van der Waals surface area contributed by atoms with E-state index in [2.05, 4.69) is 5.32 Å². The second-order valence-electron chi connectivity index (χ2n) is 8.19. The molecule has 0 saturated carbocycles. The third-order valence-corrected chi connectivity index (χ3v) is 7.08. The Labute approximate surface area is 221 Å². The number of rotatable bonds is 10. The van der Waals surface area contributed by atoms with E-state index in [1.54, 1.807) is 32.9 Å². The Kier molecular flexibility index (Phi) is 10.1. The highest BCUT2D eigenvalue weighted by molar-refractivity contribution is 7.92. The SMILES string of the molecule is COc1ccc(N(CC(=O)N(Cc2ccc(Cl)cc2Cl)[C@H](C)C(=O)NC(C)C)S(C)(=O)=O)cc1Cl. The number of benzene rings is 2. The molecular weight excluding hydrogens is 537 g/mol. The predicted octanol–water partition coefficient (Wildman–Crippen LogP) is 4.36. The summed E-state index contributed by atoms with van der Waals surface area (Å²) in [5.74, 6) is -0.648. The lowest BCUT2D eigenvalue weighted by Crippen LogP contribution is -2.52. The molecule has 2 aromatic rings. The van der Waals surface area contributed by atoms with Crippen LogP contribution in [0.4, 0.5) is 5.69 Å². The van der Waals surface area contributed by atoms with Gasteiger partial charge < -0.3 is 15.0 Å². The molecular formula is C23H28Cl3N3O5S. The fourth-order valence-electron chi connectivity index (χ4n) is 3.25. The van der Waals surface area contributed by atoms with Gasteiger partial charge in [0.05, 0.1) is 24.1 Å². The van der Waals surface area contributed by atoms with Gasteiger partial charge in [0.2, 0.25) is 21.8 Å². The van der Waals surface area contributed by atoms with E-state index in [0.29, 0.717) is 21.4 Å². The Bertz CT molecular complexity index is 1190. The molecule has 0 aromatic heterocycles. The summed E-state index contributed by atoms with van der Waals surface area (Å²) in [4.78, 5) is 27.6. The van der Waals surface area contributed by atoms with E-state index in [4.69, 9.17) is 39.5 Å². The average Bonchev–Trinajstić information content (AvgIpc) is 2.75. The lowest BCUT2D eigenvalue weighted by atomic mass is 10.1. The first-order valence-corrected chi connectivity index (χ1v) is 13.6. The minimum atomic E-state index is -3.89. The molecule has 1 atom stereocenters. The van der Waals surface area contributed by atoms with Crippen LogP contribution >= 0.6 is 34.8 Å². The largest absolute Gasteiger partial charge is 0.495 e. The van der Waals surface area contributed by atoms with Crippen molar-refractivity contribution in [3.05, 3.63) is 57.0 Å². The van der Waals surface area contributed by atoms with Crippen molar-refractivity contribution in [2.45, 2.75) is 39.4 Å². The number of sulfonamides is 1. The normalized spacial score (nSPS) is 12.3. The number of hydrogen-bond acceptors (Lipinski definition) is 5. The van der Waals surface area contributed by atoms with Crippen LogP contribution in [-0.2, 0) is 26.2 Å². The summed E-state index contributed by atoms with van der Waals surface area (Å²) < 4.78 is 31.3. The van der Waals surface area contributed by atoms with Gasteiger partial charge >= 0.3 is 0 Å². The van der Waals surface area contributed by atoms with Gasteiger partial charge in [-0.1, -0.05) is 40.9 Å². The van der Waals surface area contributed by atoms with Gasteiger partial charge in [-0.3, -0.25) is 13.9 Å². The van der Waals surface area contributed by atoms with Gasteiger partial charge in [-0.05, 0) is 56.7 Å². The van der Waals surface area contributed by atoms with E-state index in [-0.39, 0.29) is 23.3 Å². The number of ether oxygens (including phenoxy) is 1. The summed E-state index contributed by atoms with van der Waals surface area (Å²) in [5.41, 5.74) is 0.724. The standard InChI is InChI=1S/C23H28Cl3N3O5S/c1-14(2)27-23(31)15(3)28(12-16-6-7-17(24)10-19(16)25)22(30)13-29(35(5,32)33)18-8-9-21(34-4)20(26)11-18/h6-11,14-15H,12-13H2,1-5H3,(H,27,31)/t15-/m1/s1. The van der Waals surface area contributed by atoms with E-state index < -0.39 is 34.4 Å². The van der Waals surface area contributed by atoms with Crippen molar-refractivity contribution >= 4 is 62.3 Å². The first kappa shape index (κ1) is 29.0. The second kappa shape index (κ2) is 12.2. The van der Waals surface area contributed by atoms with Crippen molar-refractivity contribution in [1.82, 2.24) is 10.2 Å². The van der Waals surface area contributed by atoms with Crippen LogP contribution in [0.2, 0.25) is 15.1 Å². The Morgan fingerprint density at radius 2 is 1.69 bits per heavy atom. The fourth-order valence-corrected chi connectivity index (χ4v) is 4.81. The second-order valence-corrected chi connectivity index (χ2v) is 11.3. The highest BCUT2D eigenvalue weighted by Gasteiger charge is 2.31. The maximum Gasteiger partial charge on any atom is 0.244 e. The Balaban J connectivity index is 2.45. The van der Waals surface area contributed by atoms with Crippen molar-refractivity contribution in [1.29, 1.82) is 0 Å². The van der Waals surface area contributed by atoms with Crippen molar-refractivity contribution in [3.8, 4) is 5.75 Å². The number of carbonyl (C=O) groups is 2. The van der Waals surface area contributed by atoms with Gasteiger partial charge in [0.25, 0.3) is 0 Å². The number of anilines is 1. The van der Waals surface area contributed by atoms with Crippen molar-refractivity contribution in [2.75, 3.05) is 24.2 Å². The summed E-state index contributed by atoms with van der Waals surface area (Å²) >= 11 is 18.5. The summed E-state index contributed by atoms with van der Waals surface area (Å²) in [6, 6.07) is 8.10. The number of methoxy groups -OCH3 is 1. The van der Waals surface area contributed by atoms with Gasteiger partial charge in [0.1, 0.15) is 18.3 Å². The Morgan fingerprint density at radius 3 is 2.20 bits per heavy atom. The lowest BCUT2D eigenvalue weighted by molar-refractivity contribution is -0.139. The Hall–Kier alpha value is -2.20. The topological polar surface area (TPSA) is 96.0 Å². The predicted molar refractivity (Wildman–Crippen MR) is 140 cm³/mol. The van der Waals surface area contributed by atoms with Crippen LogP contribution in [0.25, 0.3) is 0 Å². The number of halogens is 3. The number of hydrogen-bond donors (Lipinski definition) is 1. The van der Waals surface area contributed by atoms with Crippen LogP contribution in [-0.4, -0.2) is 57.1 Å². The van der Waals surface area contributed by atoms with E-state index >= 15 is 0 Å². The molecule has 192 valence electrons. The fraction of sp³-hybridized carbons (Fsp3) is 0.391. The van der Waals surface area contributed by atoms with Crippen LogP contribution in [0.3, 0.4) is 0 Å². The number of nitrogens with one attached hydrogen (secondary N) is 1. The molecule has 0 saturated heterocycles. The zero-order valence-corrected chi connectivity index (χ0v) is 23.1. The van der Waals surface area contributed by atoms with Crippen LogP contribution in [0.1, 0.15) is 26.3 Å². The van der Waals surface area contributed by atoms with Gasteiger partial charge in [-0.25, -0.2) is 8.42 Å². The molecule has 0 bridgehead atoms. The van der Waals surface area contributed by atoms with Crippen LogP contribution in [0.15, 0.2) is 36.4 Å². The van der Waals surface area contributed by atoms with Crippen LogP contribution < -0.4 is 14.4 Å². The molecule has 12 heteroatoms. The number of carbonyl (C=O) groups excluding carboxylic acids is 2. The van der Waals surface area contributed by atoms with E-state index in [0.717, 1.165) is 10.6 Å². The molecule has 2 rings (SSSR count). The van der Waals surface area contributed by atoms with Crippen LogP contribution in [0, 0.1) is 0 Å². The molecule has 8 nitrogen and oxygen atoms in total. The summed E-state index contributed by atoms with van der Waals surface area (Å²) in [7, 11) is -2.46. The lowest BCUT2D eigenvalue weighted by Gasteiger charge is -2.32. The molecule has 2 amide bonds. The van der Waals surface area contributed by atoms with Gasteiger partial charge in [0, 0.05) is 22.6 Å².